The maximum absolute atomic E-state index is 13.0. The van der Waals surface area contributed by atoms with Gasteiger partial charge in [-0.15, -0.1) is 11.3 Å². The van der Waals surface area contributed by atoms with Gasteiger partial charge in [-0.2, -0.15) is 0 Å². The highest BCUT2D eigenvalue weighted by Crippen LogP contribution is 2.21. The molecule has 5 nitrogen and oxygen atoms in total. The van der Waals surface area contributed by atoms with Crippen molar-refractivity contribution >= 4 is 27.3 Å². The van der Waals surface area contributed by atoms with Gasteiger partial charge in [0.2, 0.25) is 10.0 Å². The van der Waals surface area contributed by atoms with E-state index in [1.54, 1.807) is 10.3 Å². The number of nitrogens with two attached hydrogens (primary N) is 1. The largest absolute Gasteiger partial charge is 0.334 e. The number of carbonyl (C=O) groups is 1. The highest BCUT2D eigenvalue weighted by molar-refractivity contribution is 7.91. The molecular weight excluding hydrogens is 380 g/mol. The third-order valence-electron chi connectivity index (χ3n) is 4.12. The Balaban J connectivity index is 1.81. The van der Waals surface area contributed by atoms with Crippen LogP contribution in [0.1, 0.15) is 21.5 Å². The fraction of sp³-hybridized carbons (Fsp3) is 0.150. The van der Waals surface area contributed by atoms with Crippen molar-refractivity contribution < 1.29 is 13.2 Å². The van der Waals surface area contributed by atoms with Gasteiger partial charge in [-0.25, -0.2) is 13.6 Å². The Morgan fingerprint density at radius 3 is 2.11 bits per heavy atom. The summed E-state index contributed by atoms with van der Waals surface area (Å²) < 4.78 is 23.0. The number of nitrogens with zero attached hydrogens (tertiary/aromatic N) is 1. The van der Waals surface area contributed by atoms with E-state index in [0.717, 1.165) is 22.5 Å². The Morgan fingerprint density at radius 1 is 0.963 bits per heavy atom. The SMILES string of the molecule is NS(=O)(=O)c1cc(C(=O)N(CCc2ccccc2)Cc2ccccc2)cs1. The number of amides is 1. The van der Waals surface area contributed by atoms with E-state index in [2.05, 4.69) is 0 Å². The van der Waals surface area contributed by atoms with Crippen molar-refractivity contribution in [3.8, 4) is 0 Å². The Morgan fingerprint density at radius 2 is 1.56 bits per heavy atom. The predicted octanol–water partition coefficient (Wildman–Crippen LogP) is 3.28. The van der Waals surface area contributed by atoms with E-state index >= 15 is 0 Å². The second kappa shape index (κ2) is 8.47. The Hall–Kier alpha value is -2.48. The molecule has 0 aliphatic rings. The molecule has 0 spiro atoms. The van der Waals surface area contributed by atoms with E-state index in [-0.39, 0.29) is 10.1 Å². The molecule has 1 aromatic heterocycles. The third-order valence-corrected chi connectivity index (χ3v) is 6.51. The van der Waals surface area contributed by atoms with E-state index in [1.165, 1.54) is 6.07 Å². The monoisotopic (exact) mass is 400 g/mol. The van der Waals surface area contributed by atoms with Gasteiger partial charge >= 0.3 is 0 Å². The first kappa shape index (κ1) is 19.3. The molecule has 3 aromatic rings. The van der Waals surface area contributed by atoms with E-state index < -0.39 is 10.0 Å². The number of carbonyl (C=O) groups excluding carboxylic acids is 1. The van der Waals surface area contributed by atoms with Gasteiger partial charge in [0.25, 0.3) is 5.91 Å². The lowest BCUT2D eigenvalue weighted by molar-refractivity contribution is 0.0745. The van der Waals surface area contributed by atoms with Gasteiger partial charge in [0.05, 0.1) is 5.56 Å². The average Bonchev–Trinajstić information content (AvgIpc) is 3.17. The zero-order valence-corrected chi connectivity index (χ0v) is 16.2. The van der Waals surface area contributed by atoms with Crippen LogP contribution in [-0.2, 0) is 23.0 Å². The van der Waals surface area contributed by atoms with Crippen LogP contribution in [0.15, 0.2) is 76.3 Å². The van der Waals surface area contributed by atoms with Gasteiger partial charge in [-0.1, -0.05) is 60.7 Å². The van der Waals surface area contributed by atoms with Gasteiger partial charge in [-0.3, -0.25) is 4.79 Å². The average molecular weight is 401 g/mol. The highest BCUT2D eigenvalue weighted by atomic mass is 32.2. The third kappa shape index (κ3) is 5.26. The van der Waals surface area contributed by atoms with Crippen molar-refractivity contribution in [2.45, 2.75) is 17.2 Å². The van der Waals surface area contributed by atoms with E-state index in [4.69, 9.17) is 5.14 Å². The lowest BCUT2D eigenvalue weighted by atomic mass is 10.1. The molecule has 0 saturated heterocycles. The summed E-state index contributed by atoms with van der Waals surface area (Å²) in [6, 6.07) is 21.0. The number of benzene rings is 2. The van der Waals surface area contributed by atoms with Gasteiger partial charge in [0, 0.05) is 18.5 Å². The normalized spacial score (nSPS) is 11.3. The molecule has 2 N–H and O–H groups in total. The van der Waals surface area contributed by atoms with Gasteiger partial charge in [0.15, 0.2) is 0 Å². The lowest BCUT2D eigenvalue weighted by Crippen LogP contribution is -2.32. The summed E-state index contributed by atoms with van der Waals surface area (Å²) in [5.41, 5.74) is 2.49. The molecule has 0 aliphatic carbocycles. The second-order valence-electron chi connectivity index (χ2n) is 6.15. The molecule has 140 valence electrons. The summed E-state index contributed by atoms with van der Waals surface area (Å²) >= 11 is 0.963. The predicted molar refractivity (Wildman–Crippen MR) is 107 cm³/mol. The fourth-order valence-corrected chi connectivity index (χ4v) is 4.30. The van der Waals surface area contributed by atoms with Crippen LogP contribution in [0.2, 0.25) is 0 Å². The molecule has 2 aromatic carbocycles. The number of thiophene rings is 1. The highest BCUT2D eigenvalue weighted by Gasteiger charge is 2.20. The molecular formula is C20H20N2O3S2. The minimum absolute atomic E-state index is 0.00595. The van der Waals surface area contributed by atoms with Crippen molar-refractivity contribution in [2.24, 2.45) is 5.14 Å². The molecule has 0 aliphatic heterocycles. The van der Waals surface area contributed by atoms with Crippen LogP contribution in [0.4, 0.5) is 0 Å². The molecule has 27 heavy (non-hydrogen) atoms. The van der Waals surface area contributed by atoms with Crippen molar-refractivity contribution in [2.75, 3.05) is 6.54 Å². The summed E-state index contributed by atoms with van der Waals surface area (Å²) in [4.78, 5) is 14.7. The molecule has 0 radical (unpaired) electrons. The van der Waals surface area contributed by atoms with Crippen molar-refractivity contribution in [3.05, 3.63) is 88.8 Å². The number of hydrogen-bond donors (Lipinski definition) is 1. The van der Waals surface area contributed by atoms with Crippen LogP contribution >= 0.6 is 11.3 Å². The van der Waals surface area contributed by atoms with E-state index in [9.17, 15) is 13.2 Å². The van der Waals surface area contributed by atoms with Gasteiger partial charge in [-0.05, 0) is 23.6 Å². The number of hydrogen-bond acceptors (Lipinski definition) is 4. The van der Waals surface area contributed by atoms with Crippen molar-refractivity contribution in [1.29, 1.82) is 0 Å². The van der Waals surface area contributed by atoms with Crippen LogP contribution in [0.25, 0.3) is 0 Å². The van der Waals surface area contributed by atoms with Crippen molar-refractivity contribution in [3.63, 3.8) is 0 Å². The first-order valence-electron chi connectivity index (χ1n) is 8.42. The van der Waals surface area contributed by atoms with Crippen molar-refractivity contribution in [1.82, 2.24) is 4.90 Å². The summed E-state index contributed by atoms with van der Waals surface area (Å²) in [6.45, 7) is 0.978. The van der Waals surface area contributed by atoms with Crippen LogP contribution in [-0.4, -0.2) is 25.8 Å². The molecule has 0 saturated carbocycles. The van der Waals surface area contributed by atoms with Crippen LogP contribution < -0.4 is 5.14 Å². The molecule has 0 fully saturated rings. The molecule has 0 bridgehead atoms. The van der Waals surface area contributed by atoms with Gasteiger partial charge in [0.1, 0.15) is 4.21 Å². The summed E-state index contributed by atoms with van der Waals surface area (Å²) in [5.74, 6) is -0.207. The Bertz CT molecular complexity index is 1000. The first-order valence-corrected chi connectivity index (χ1v) is 10.8. The molecule has 0 atom stereocenters. The zero-order chi connectivity index (χ0) is 19.3. The van der Waals surface area contributed by atoms with Gasteiger partial charge < -0.3 is 4.90 Å². The maximum atomic E-state index is 13.0. The molecule has 7 heteroatoms. The summed E-state index contributed by atoms with van der Waals surface area (Å²) in [5, 5.41) is 6.71. The van der Waals surface area contributed by atoms with Crippen LogP contribution in [0.3, 0.4) is 0 Å². The smallest absolute Gasteiger partial charge is 0.255 e. The summed E-state index contributed by atoms with van der Waals surface area (Å²) in [7, 11) is -3.81. The standard InChI is InChI=1S/C20H20N2O3S2/c21-27(24,25)19-13-18(15-26-19)20(23)22(14-17-9-5-2-6-10-17)12-11-16-7-3-1-4-8-16/h1-10,13,15H,11-12,14H2,(H2,21,24,25). The minimum atomic E-state index is -3.81. The first-order chi connectivity index (χ1) is 12.9. The zero-order valence-electron chi connectivity index (χ0n) is 14.6. The molecule has 1 heterocycles. The lowest BCUT2D eigenvalue weighted by Gasteiger charge is -2.22. The molecule has 1 amide bonds. The number of rotatable bonds is 7. The minimum Gasteiger partial charge on any atom is -0.334 e. The second-order valence-corrected chi connectivity index (χ2v) is 8.85. The topological polar surface area (TPSA) is 80.5 Å². The summed E-state index contributed by atoms with van der Waals surface area (Å²) in [6.07, 6.45) is 0.714. The molecule has 3 rings (SSSR count). The maximum Gasteiger partial charge on any atom is 0.255 e. The van der Waals surface area contributed by atoms with Crippen LogP contribution in [0.5, 0.6) is 0 Å². The Kier molecular flexibility index (Phi) is 6.05. The number of sulfonamides is 1. The quantitative estimate of drug-likeness (QED) is 0.661. The van der Waals surface area contributed by atoms with E-state index in [0.29, 0.717) is 25.1 Å². The fourth-order valence-electron chi connectivity index (χ4n) is 2.73. The Labute approximate surface area is 163 Å². The number of primary sulfonamides is 1. The van der Waals surface area contributed by atoms with Crippen LogP contribution in [0, 0.1) is 0 Å². The van der Waals surface area contributed by atoms with E-state index in [1.807, 2.05) is 60.7 Å². The molecule has 0 unspecified atom stereocenters.